The van der Waals surface area contributed by atoms with Crippen molar-refractivity contribution >= 4 is 32.2 Å². The number of nitrogens with one attached hydrogen (secondary N) is 2. The molecule has 96 valence electrons. The van der Waals surface area contributed by atoms with Crippen molar-refractivity contribution in [2.24, 2.45) is 0 Å². The van der Waals surface area contributed by atoms with E-state index in [2.05, 4.69) is 20.2 Å². The minimum atomic E-state index is -3.64. The van der Waals surface area contributed by atoms with Crippen LogP contribution >= 0.6 is 11.3 Å². The van der Waals surface area contributed by atoms with Crippen LogP contribution in [0, 0.1) is 0 Å². The van der Waals surface area contributed by atoms with Crippen LogP contribution in [0.2, 0.25) is 0 Å². The first-order valence-corrected chi connectivity index (χ1v) is 7.61. The van der Waals surface area contributed by atoms with E-state index in [4.69, 9.17) is 0 Å². The van der Waals surface area contributed by atoms with Gasteiger partial charge in [-0.1, -0.05) is 23.5 Å². The lowest BCUT2D eigenvalue weighted by molar-refractivity contribution is 0.601. The second-order valence-electron chi connectivity index (χ2n) is 3.38. The average Bonchev–Trinajstić information content (AvgIpc) is 2.82. The van der Waals surface area contributed by atoms with Gasteiger partial charge in [-0.15, -0.1) is 10.2 Å². The molecule has 0 bridgehead atoms. The predicted octanol–water partition coefficient (Wildman–Crippen LogP) is 1.77. The molecule has 6 nitrogen and oxygen atoms in total. The average molecular weight is 284 g/mol. The summed E-state index contributed by atoms with van der Waals surface area (Å²) in [5.41, 5.74) is 2.03. The lowest BCUT2D eigenvalue weighted by Gasteiger charge is -2.11. The van der Waals surface area contributed by atoms with Crippen molar-refractivity contribution in [3.05, 3.63) is 29.8 Å². The first-order valence-electron chi connectivity index (χ1n) is 5.25. The van der Waals surface area contributed by atoms with Crippen molar-refractivity contribution in [2.75, 3.05) is 16.6 Å². The molecule has 0 radical (unpaired) electrons. The zero-order valence-corrected chi connectivity index (χ0v) is 11.3. The first kappa shape index (κ1) is 12.8. The van der Waals surface area contributed by atoms with Gasteiger partial charge in [-0.25, -0.2) is 8.42 Å². The van der Waals surface area contributed by atoms with E-state index in [1.165, 1.54) is 5.51 Å². The summed E-state index contributed by atoms with van der Waals surface area (Å²) in [6, 6.07) is 6.72. The Morgan fingerprint density at radius 3 is 2.78 bits per heavy atom. The molecule has 0 atom stereocenters. The Morgan fingerprint density at radius 1 is 1.33 bits per heavy atom. The van der Waals surface area contributed by atoms with Gasteiger partial charge >= 0.3 is 0 Å². The van der Waals surface area contributed by atoms with Gasteiger partial charge in [0.15, 0.2) is 0 Å². The molecule has 2 aromatic rings. The van der Waals surface area contributed by atoms with Crippen LogP contribution in [0.1, 0.15) is 6.92 Å². The van der Waals surface area contributed by atoms with E-state index in [1.54, 1.807) is 24.3 Å². The first-order chi connectivity index (χ1) is 8.63. The van der Waals surface area contributed by atoms with Gasteiger partial charge in [-0.05, 0) is 19.1 Å². The number of nitrogens with zero attached hydrogens (tertiary/aromatic N) is 2. The quantitative estimate of drug-likeness (QED) is 0.874. The third kappa shape index (κ3) is 2.77. The molecule has 2 N–H and O–H groups in total. The largest absolute Gasteiger partial charge is 0.384 e. The number of para-hydroxylation sites is 1. The molecule has 0 aliphatic carbocycles. The van der Waals surface area contributed by atoms with Gasteiger partial charge in [0.1, 0.15) is 10.4 Å². The Labute approximate surface area is 109 Å². The molecule has 18 heavy (non-hydrogen) atoms. The summed E-state index contributed by atoms with van der Waals surface area (Å²) < 4.78 is 26.8. The molecular formula is C10H12N4O2S2. The minimum Gasteiger partial charge on any atom is -0.384 e. The smallest absolute Gasteiger partial charge is 0.265 e. The maximum Gasteiger partial charge on any atom is 0.265 e. The minimum absolute atomic E-state index is 0.196. The van der Waals surface area contributed by atoms with Gasteiger partial charge in [-0.2, -0.15) is 0 Å². The van der Waals surface area contributed by atoms with Gasteiger partial charge in [-0.3, -0.25) is 4.72 Å². The molecule has 1 aromatic carbocycles. The second-order valence-corrected chi connectivity index (χ2v) is 5.86. The zero-order valence-electron chi connectivity index (χ0n) is 9.62. The SMILES string of the molecule is CCNc1ccccc1S(=O)(=O)Nc1nncs1. The molecule has 0 saturated heterocycles. The fourth-order valence-electron chi connectivity index (χ4n) is 1.42. The third-order valence-corrected chi connectivity index (χ3v) is 4.26. The highest BCUT2D eigenvalue weighted by Crippen LogP contribution is 2.23. The summed E-state index contributed by atoms with van der Waals surface area (Å²) in [4.78, 5) is 0.196. The maximum atomic E-state index is 12.2. The van der Waals surface area contributed by atoms with Crippen LogP contribution in [0.5, 0.6) is 0 Å². The summed E-state index contributed by atoms with van der Waals surface area (Å²) >= 11 is 1.13. The second kappa shape index (κ2) is 5.32. The standard InChI is InChI=1S/C10H12N4O2S2/c1-2-11-8-5-3-4-6-9(8)18(15,16)14-10-13-12-7-17-10/h3-7,11H,2H2,1H3,(H,13,14). The van der Waals surface area contributed by atoms with Crippen molar-refractivity contribution in [2.45, 2.75) is 11.8 Å². The van der Waals surface area contributed by atoms with Crippen molar-refractivity contribution in [3.63, 3.8) is 0 Å². The third-order valence-electron chi connectivity index (χ3n) is 2.13. The van der Waals surface area contributed by atoms with Crippen molar-refractivity contribution in [1.82, 2.24) is 10.2 Å². The molecule has 1 heterocycles. The Balaban J connectivity index is 2.35. The number of sulfonamides is 1. The Bertz CT molecular complexity index is 611. The molecule has 0 fully saturated rings. The van der Waals surface area contributed by atoms with Gasteiger partial charge < -0.3 is 5.32 Å². The van der Waals surface area contributed by atoms with E-state index in [-0.39, 0.29) is 10.0 Å². The highest BCUT2D eigenvalue weighted by atomic mass is 32.2. The van der Waals surface area contributed by atoms with Crippen LogP contribution in [0.25, 0.3) is 0 Å². The van der Waals surface area contributed by atoms with Crippen molar-refractivity contribution in [1.29, 1.82) is 0 Å². The van der Waals surface area contributed by atoms with Gasteiger partial charge in [0.25, 0.3) is 10.0 Å². The molecule has 1 aromatic heterocycles. The van der Waals surface area contributed by atoms with Crippen LogP contribution in [0.3, 0.4) is 0 Å². The van der Waals surface area contributed by atoms with Gasteiger partial charge in [0.05, 0.1) is 5.69 Å². The number of rotatable bonds is 5. The fraction of sp³-hybridized carbons (Fsp3) is 0.200. The van der Waals surface area contributed by atoms with Gasteiger partial charge in [0.2, 0.25) is 5.13 Å². The van der Waals surface area contributed by atoms with Crippen LogP contribution in [-0.2, 0) is 10.0 Å². The van der Waals surface area contributed by atoms with E-state index in [0.717, 1.165) is 11.3 Å². The number of benzene rings is 1. The number of hydrogen-bond acceptors (Lipinski definition) is 6. The Morgan fingerprint density at radius 2 is 2.11 bits per heavy atom. The van der Waals surface area contributed by atoms with E-state index in [9.17, 15) is 8.42 Å². The molecule has 0 aliphatic rings. The monoisotopic (exact) mass is 284 g/mol. The molecule has 2 rings (SSSR count). The number of aromatic nitrogens is 2. The lowest BCUT2D eigenvalue weighted by Crippen LogP contribution is -2.15. The summed E-state index contributed by atoms with van der Waals surface area (Å²) in [5, 5.41) is 10.5. The molecule has 0 amide bonds. The Kier molecular flexibility index (Phi) is 3.78. The van der Waals surface area contributed by atoms with E-state index in [0.29, 0.717) is 12.2 Å². The van der Waals surface area contributed by atoms with Gasteiger partial charge in [0, 0.05) is 6.54 Å². The van der Waals surface area contributed by atoms with Crippen LogP contribution in [0.15, 0.2) is 34.7 Å². The normalized spacial score (nSPS) is 11.2. The summed E-state index contributed by atoms with van der Waals surface area (Å²) in [7, 11) is -3.64. The highest BCUT2D eigenvalue weighted by molar-refractivity contribution is 7.93. The van der Waals surface area contributed by atoms with Crippen LogP contribution in [0.4, 0.5) is 10.8 Å². The zero-order chi connectivity index (χ0) is 13.0. The molecule has 0 saturated carbocycles. The van der Waals surface area contributed by atoms with Crippen LogP contribution < -0.4 is 10.0 Å². The van der Waals surface area contributed by atoms with E-state index in [1.807, 2.05) is 6.92 Å². The fourth-order valence-corrected chi connectivity index (χ4v) is 3.30. The van der Waals surface area contributed by atoms with Crippen molar-refractivity contribution < 1.29 is 8.42 Å². The number of hydrogen-bond donors (Lipinski definition) is 2. The molecule has 8 heteroatoms. The van der Waals surface area contributed by atoms with E-state index < -0.39 is 10.0 Å². The van der Waals surface area contributed by atoms with Crippen molar-refractivity contribution in [3.8, 4) is 0 Å². The predicted molar refractivity (Wildman–Crippen MR) is 71.3 cm³/mol. The van der Waals surface area contributed by atoms with E-state index >= 15 is 0 Å². The molecule has 0 aliphatic heterocycles. The lowest BCUT2D eigenvalue weighted by atomic mass is 10.3. The number of anilines is 2. The topological polar surface area (TPSA) is 84.0 Å². The maximum absolute atomic E-state index is 12.2. The Hall–Kier alpha value is -1.67. The summed E-state index contributed by atoms with van der Waals surface area (Å²) in [6.45, 7) is 2.55. The highest BCUT2D eigenvalue weighted by Gasteiger charge is 2.19. The summed E-state index contributed by atoms with van der Waals surface area (Å²) in [5.74, 6) is 0. The molecule has 0 unspecified atom stereocenters. The molecular weight excluding hydrogens is 272 g/mol. The molecule has 0 spiro atoms. The summed E-state index contributed by atoms with van der Waals surface area (Å²) in [6.07, 6.45) is 0. The van der Waals surface area contributed by atoms with Crippen LogP contribution in [-0.4, -0.2) is 25.2 Å².